The summed E-state index contributed by atoms with van der Waals surface area (Å²) in [7, 11) is 1.51. The Labute approximate surface area is 170 Å². The molecule has 0 aromatic heterocycles. The Morgan fingerprint density at radius 1 is 1.19 bits per heavy atom. The van der Waals surface area contributed by atoms with E-state index in [4.69, 9.17) is 4.74 Å². The van der Waals surface area contributed by atoms with E-state index >= 15 is 0 Å². The lowest BCUT2D eigenvalue weighted by atomic mass is 10.0. The van der Waals surface area contributed by atoms with Crippen LogP contribution in [0.1, 0.15) is 35.6 Å². The zero-order chi connectivity index (χ0) is 19.8. The van der Waals surface area contributed by atoms with Crippen LogP contribution in [0, 0.1) is 3.57 Å². The third kappa shape index (κ3) is 4.51. The van der Waals surface area contributed by atoms with E-state index < -0.39 is 11.7 Å². The van der Waals surface area contributed by atoms with Crippen molar-refractivity contribution in [1.29, 1.82) is 0 Å². The SMILES string of the molecule is COc1cc(CC[C@@H](C)N2Cc3cc(I)c(C(F)(F)F)cc3C2)ccc1O. The van der Waals surface area contributed by atoms with Gasteiger partial charge in [0.1, 0.15) is 0 Å². The summed E-state index contributed by atoms with van der Waals surface area (Å²) in [6, 6.07) is 8.49. The van der Waals surface area contributed by atoms with E-state index in [1.165, 1.54) is 13.2 Å². The lowest BCUT2D eigenvalue weighted by Crippen LogP contribution is -2.28. The summed E-state index contributed by atoms with van der Waals surface area (Å²) in [4.78, 5) is 2.21. The molecule has 0 radical (unpaired) electrons. The van der Waals surface area contributed by atoms with Gasteiger partial charge in [-0.3, -0.25) is 4.90 Å². The lowest BCUT2D eigenvalue weighted by molar-refractivity contribution is -0.138. The van der Waals surface area contributed by atoms with Crippen LogP contribution in [0.4, 0.5) is 13.2 Å². The van der Waals surface area contributed by atoms with Crippen LogP contribution in [-0.2, 0) is 25.7 Å². The maximum atomic E-state index is 13.1. The normalized spacial score (nSPS) is 15.6. The number of nitrogens with zero attached hydrogens (tertiary/aromatic N) is 1. The minimum absolute atomic E-state index is 0.111. The second kappa shape index (κ2) is 7.87. The Morgan fingerprint density at radius 2 is 1.85 bits per heavy atom. The van der Waals surface area contributed by atoms with Crippen molar-refractivity contribution in [2.75, 3.05) is 7.11 Å². The van der Waals surface area contributed by atoms with Crippen LogP contribution in [0.3, 0.4) is 0 Å². The molecule has 0 saturated carbocycles. The monoisotopic (exact) mass is 491 g/mol. The van der Waals surface area contributed by atoms with Gasteiger partial charge in [-0.25, -0.2) is 0 Å². The number of hydrogen-bond acceptors (Lipinski definition) is 3. The van der Waals surface area contributed by atoms with Crippen molar-refractivity contribution >= 4 is 22.6 Å². The minimum atomic E-state index is -4.32. The summed E-state index contributed by atoms with van der Waals surface area (Å²) in [5, 5.41) is 9.67. The number of aryl methyl sites for hydroxylation is 1. The lowest BCUT2D eigenvalue weighted by Gasteiger charge is -2.23. The van der Waals surface area contributed by atoms with Crippen LogP contribution in [0.15, 0.2) is 30.3 Å². The number of alkyl halides is 3. The van der Waals surface area contributed by atoms with E-state index in [9.17, 15) is 18.3 Å². The largest absolute Gasteiger partial charge is 0.504 e. The number of phenolic OH excluding ortho intramolecular Hbond substituents is 1. The van der Waals surface area contributed by atoms with Crippen molar-refractivity contribution < 1.29 is 23.0 Å². The van der Waals surface area contributed by atoms with Crippen molar-refractivity contribution in [3.05, 3.63) is 56.2 Å². The number of phenols is 1. The van der Waals surface area contributed by atoms with Gasteiger partial charge in [0.2, 0.25) is 0 Å². The van der Waals surface area contributed by atoms with Gasteiger partial charge in [-0.05, 0) is 83.3 Å². The van der Waals surface area contributed by atoms with Gasteiger partial charge in [-0.1, -0.05) is 6.07 Å². The molecule has 2 aromatic carbocycles. The minimum Gasteiger partial charge on any atom is -0.504 e. The quantitative estimate of drug-likeness (QED) is 0.572. The van der Waals surface area contributed by atoms with E-state index in [0.717, 1.165) is 29.5 Å². The molecule has 0 bridgehead atoms. The molecule has 3 rings (SSSR count). The number of halogens is 4. The van der Waals surface area contributed by atoms with Crippen LogP contribution in [0.25, 0.3) is 0 Å². The number of ether oxygens (including phenoxy) is 1. The van der Waals surface area contributed by atoms with Crippen LogP contribution < -0.4 is 4.74 Å². The molecule has 3 nitrogen and oxygen atoms in total. The Bertz CT molecular complexity index is 839. The van der Waals surface area contributed by atoms with Gasteiger partial charge in [0, 0.05) is 22.7 Å². The first-order valence-electron chi connectivity index (χ1n) is 8.67. The second-order valence-corrected chi connectivity index (χ2v) is 8.06. The molecule has 146 valence electrons. The predicted octanol–water partition coefficient (Wildman–Crippen LogP) is 5.36. The molecule has 1 aliphatic heterocycles. The van der Waals surface area contributed by atoms with Gasteiger partial charge in [0.15, 0.2) is 11.5 Å². The molecule has 1 heterocycles. The van der Waals surface area contributed by atoms with Gasteiger partial charge >= 0.3 is 6.18 Å². The molecule has 1 aliphatic rings. The molecule has 1 N–H and O–H groups in total. The number of rotatable bonds is 5. The van der Waals surface area contributed by atoms with E-state index in [2.05, 4.69) is 11.8 Å². The van der Waals surface area contributed by atoms with Crippen molar-refractivity contribution in [2.45, 2.75) is 45.1 Å². The van der Waals surface area contributed by atoms with Gasteiger partial charge in [0.05, 0.1) is 12.7 Å². The fraction of sp³-hybridized carbons (Fsp3) is 0.400. The first kappa shape index (κ1) is 20.3. The molecule has 0 spiro atoms. The van der Waals surface area contributed by atoms with Gasteiger partial charge in [-0.15, -0.1) is 0 Å². The smallest absolute Gasteiger partial charge is 0.417 e. The third-order valence-electron chi connectivity index (χ3n) is 5.06. The van der Waals surface area contributed by atoms with Crippen LogP contribution in [-0.4, -0.2) is 23.2 Å². The zero-order valence-corrected chi connectivity index (χ0v) is 17.3. The zero-order valence-electron chi connectivity index (χ0n) is 15.1. The summed E-state index contributed by atoms with van der Waals surface area (Å²) in [6.45, 7) is 3.30. The standard InChI is InChI=1S/C20H21F3INO2/c1-12(3-4-13-5-6-18(26)19(7-13)27-2)25-10-14-8-16(20(21,22)23)17(24)9-15(14)11-25/h5-9,12,26H,3-4,10-11H2,1-2H3/t12-/m1/s1. The third-order valence-corrected chi connectivity index (χ3v) is 5.95. The van der Waals surface area contributed by atoms with Gasteiger partial charge in [-0.2, -0.15) is 13.2 Å². The molecule has 0 aliphatic carbocycles. The number of hydrogen-bond donors (Lipinski definition) is 1. The molecule has 0 unspecified atom stereocenters. The number of fused-ring (bicyclic) bond motifs is 1. The molecule has 0 amide bonds. The Morgan fingerprint density at radius 3 is 2.48 bits per heavy atom. The molecule has 7 heteroatoms. The first-order valence-corrected chi connectivity index (χ1v) is 9.75. The predicted molar refractivity (Wildman–Crippen MR) is 106 cm³/mol. The highest BCUT2D eigenvalue weighted by Gasteiger charge is 2.35. The summed E-state index contributed by atoms with van der Waals surface area (Å²) < 4.78 is 44.8. The highest BCUT2D eigenvalue weighted by molar-refractivity contribution is 14.1. The average Bonchev–Trinajstić information content (AvgIpc) is 3.02. The summed E-state index contributed by atoms with van der Waals surface area (Å²) >= 11 is 1.77. The number of benzene rings is 2. The van der Waals surface area contributed by atoms with Crippen LogP contribution >= 0.6 is 22.6 Å². The Kier molecular flexibility index (Phi) is 5.90. The van der Waals surface area contributed by atoms with Gasteiger partial charge in [0.25, 0.3) is 0 Å². The maximum Gasteiger partial charge on any atom is 0.417 e. The summed E-state index contributed by atoms with van der Waals surface area (Å²) in [5.41, 5.74) is 2.25. The highest BCUT2D eigenvalue weighted by Crippen LogP contribution is 2.37. The van der Waals surface area contributed by atoms with E-state index in [-0.39, 0.29) is 15.4 Å². The topological polar surface area (TPSA) is 32.7 Å². The van der Waals surface area contributed by atoms with E-state index in [1.54, 1.807) is 34.7 Å². The highest BCUT2D eigenvalue weighted by atomic mass is 127. The van der Waals surface area contributed by atoms with Crippen molar-refractivity contribution in [1.82, 2.24) is 4.90 Å². The van der Waals surface area contributed by atoms with Gasteiger partial charge < -0.3 is 9.84 Å². The summed E-state index contributed by atoms with van der Waals surface area (Å²) in [6.07, 6.45) is -2.65. The van der Waals surface area contributed by atoms with E-state index in [0.29, 0.717) is 18.8 Å². The van der Waals surface area contributed by atoms with Crippen molar-refractivity contribution in [3.63, 3.8) is 0 Å². The fourth-order valence-electron chi connectivity index (χ4n) is 3.41. The maximum absolute atomic E-state index is 13.1. The number of methoxy groups -OCH3 is 1. The number of aromatic hydroxyl groups is 1. The van der Waals surface area contributed by atoms with Crippen LogP contribution in [0.2, 0.25) is 0 Å². The van der Waals surface area contributed by atoms with E-state index in [1.807, 2.05) is 12.1 Å². The second-order valence-electron chi connectivity index (χ2n) is 6.90. The molecule has 2 aromatic rings. The first-order chi connectivity index (χ1) is 12.7. The Balaban J connectivity index is 1.66. The molecule has 0 fully saturated rings. The van der Waals surface area contributed by atoms with Crippen molar-refractivity contribution in [2.24, 2.45) is 0 Å². The van der Waals surface area contributed by atoms with Crippen molar-refractivity contribution in [3.8, 4) is 11.5 Å². The molecule has 1 atom stereocenters. The molecule has 27 heavy (non-hydrogen) atoms. The molecular formula is C20H21F3INO2. The fourth-order valence-corrected chi connectivity index (χ4v) is 4.25. The van der Waals surface area contributed by atoms with Crippen LogP contribution in [0.5, 0.6) is 11.5 Å². The molecular weight excluding hydrogens is 470 g/mol. The molecule has 0 saturated heterocycles. The Hall–Kier alpha value is -1.48. The average molecular weight is 491 g/mol. The summed E-state index contributed by atoms with van der Waals surface area (Å²) in [5.74, 6) is 0.558.